The van der Waals surface area contributed by atoms with Crippen molar-refractivity contribution in [1.82, 2.24) is 4.90 Å². The maximum Gasteiger partial charge on any atom is 0.290 e. The Kier molecular flexibility index (Phi) is 3.82. The molecule has 1 unspecified atom stereocenters. The van der Waals surface area contributed by atoms with Gasteiger partial charge in [0.05, 0.1) is 6.04 Å². The van der Waals surface area contributed by atoms with Crippen molar-refractivity contribution in [3.05, 3.63) is 46.6 Å². The summed E-state index contributed by atoms with van der Waals surface area (Å²) in [5, 5.41) is 9.89. The Morgan fingerprint density at radius 2 is 1.90 bits per heavy atom. The van der Waals surface area contributed by atoms with Crippen LogP contribution in [0.25, 0.3) is 0 Å². The van der Waals surface area contributed by atoms with Crippen molar-refractivity contribution in [2.75, 3.05) is 19.3 Å². The molecule has 1 heterocycles. The van der Waals surface area contributed by atoms with Crippen molar-refractivity contribution in [3.8, 4) is 0 Å². The van der Waals surface area contributed by atoms with E-state index in [0.717, 1.165) is 6.26 Å². The molecule has 0 saturated heterocycles. The molecule has 1 atom stereocenters. The molecular weight excluding hydrogens is 280 g/mol. The van der Waals surface area contributed by atoms with E-state index in [4.69, 9.17) is 5.73 Å². The summed E-state index contributed by atoms with van der Waals surface area (Å²) in [6, 6.07) is 7.89. The van der Waals surface area contributed by atoms with E-state index in [-0.39, 0.29) is 18.0 Å². The summed E-state index contributed by atoms with van der Waals surface area (Å²) in [5.41, 5.74) is 6.09. The second kappa shape index (κ2) is 5.26. The number of nitrogens with two attached hydrogens (primary N) is 1. The minimum Gasteiger partial charge on any atom is -0.502 e. The van der Waals surface area contributed by atoms with Gasteiger partial charge in [0.2, 0.25) is 0 Å². The number of amides is 1. The molecule has 1 aromatic rings. The third-order valence-corrected chi connectivity index (χ3v) is 4.36. The van der Waals surface area contributed by atoms with Crippen molar-refractivity contribution in [3.63, 3.8) is 0 Å². The Morgan fingerprint density at radius 3 is 2.40 bits per heavy atom. The molecule has 0 saturated carbocycles. The number of sulfone groups is 1. The molecule has 1 aromatic carbocycles. The van der Waals surface area contributed by atoms with Crippen molar-refractivity contribution in [1.29, 1.82) is 0 Å². The van der Waals surface area contributed by atoms with Crippen LogP contribution in [0.15, 0.2) is 41.0 Å². The molecule has 0 radical (unpaired) electrons. The summed E-state index contributed by atoms with van der Waals surface area (Å²) < 4.78 is 23.8. The molecular formula is C13H16N2O4S. The Labute approximate surface area is 117 Å². The van der Waals surface area contributed by atoms with Gasteiger partial charge in [0.1, 0.15) is 4.91 Å². The fourth-order valence-electron chi connectivity index (χ4n) is 2.34. The fourth-order valence-corrected chi connectivity index (χ4v) is 3.45. The van der Waals surface area contributed by atoms with Crippen LogP contribution in [0.4, 0.5) is 0 Å². The first kappa shape index (κ1) is 14.5. The van der Waals surface area contributed by atoms with Crippen molar-refractivity contribution in [2.45, 2.75) is 6.04 Å². The Bertz CT molecular complexity index is 652. The van der Waals surface area contributed by atoms with E-state index < -0.39 is 27.5 Å². The molecule has 2 rings (SSSR count). The monoisotopic (exact) mass is 296 g/mol. The second-order valence-electron chi connectivity index (χ2n) is 4.59. The van der Waals surface area contributed by atoms with Crippen molar-refractivity contribution >= 4 is 15.7 Å². The Hall–Kier alpha value is -1.86. The van der Waals surface area contributed by atoms with Gasteiger partial charge in [-0.25, -0.2) is 8.42 Å². The molecule has 1 amide bonds. The molecule has 1 aliphatic heterocycles. The molecule has 3 N–H and O–H groups in total. The number of nitrogens with zero attached hydrogens (tertiary/aromatic N) is 1. The van der Waals surface area contributed by atoms with Gasteiger partial charge in [-0.2, -0.15) is 0 Å². The largest absolute Gasteiger partial charge is 0.502 e. The van der Waals surface area contributed by atoms with Gasteiger partial charge >= 0.3 is 0 Å². The number of benzene rings is 1. The highest BCUT2D eigenvalue weighted by molar-refractivity contribution is 7.94. The van der Waals surface area contributed by atoms with E-state index >= 15 is 0 Å². The molecule has 0 aromatic heterocycles. The zero-order valence-electron chi connectivity index (χ0n) is 11.0. The SMILES string of the molecule is CS(=O)(=O)C1=C(O)C(=O)N(CCN)C1c1ccccc1. The van der Waals surface area contributed by atoms with E-state index in [1.165, 1.54) is 4.90 Å². The summed E-state index contributed by atoms with van der Waals surface area (Å²) in [5.74, 6) is -1.42. The maximum absolute atomic E-state index is 12.0. The highest BCUT2D eigenvalue weighted by Gasteiger charge is 2.44. The third kappa shape index (κ3) is 2.41. The quantitative estimate of drug-likeness (QED) is 0.834. The van der Waals surface area contributed by atoms with Crippen molar-refractivity contribution in [2.24, 2.45) is 5.73 Å². The molecule has 7 heteroatoms. The first-order chi connectivity index (χ1) is 9.38. The lowest BCUT2D eigenvalue weighted by molar-refractivity contribution is -0.129. The summed E-state index contributed by atoms with van der Waals surface area (Å²) in [7, 11) is -3.71. The predicted molar refractivity (Wildman–Crippen MR) is 74.4 cm³/mol. The van der Waals surface area contributed by atoms with Gasteiger partial charge in [-0.15, -0.1) is 0 Å². The zero-order chi connectivity index (χ0) is 14.9. The number of carbonyl (C=O) groups is 1. The molecule has 0 fully saturated rings. The summed E-state index contributed by atoms with van der Waals surface area (Å²) in [6.45, 7) is 0.348. The highest BCUT2D eigenvalue weighted by Crippen LogP contribution is 2.39. The number of carbonyl (C=O) groups excluding carboxylic acids is 1. The van der Waals surface area contributed by atoms with Gasteiger partial charge in [-0.1, -0.05) is 30.3 Å². The summed E-state index contributed by atoms with van der Waals surface area (Å²) >= 11 is 0. The molecule has 108 valence electrons. The molecule has 1 aliphatic rings. The highest BCUT2D eigenvalue weighted by atomic mass is 32.2. The molecule has 0 bridgehead atoms. The maximum atomic E-state index is 12.0. The first-order valence-electron chi connectivity index (χ1n) is 6.07. The van der Waals surface area contributed by atoms with Gasteiger partial charge in [-0.05, 0) is 5.56 Å². The molecule has 6 nitrogen and oxygen atoms in total. The average Bonchev–Trinajstić information content (AvgIpc) is 2.65. The van der Waals surface area contributed by atoms with Gasteiger partial charge in [0.15, 0.2) is 15.6 Å². The van der Waals surface area contributed by atoms with E-state index in [2.05, 4.69) is 0 Å². The predicted octanol–water partition coefficient (Wildman–Crippen LogP) is 0.343. The van der Waals surface area contributed by atoms with E-state index in [9.17, 15) is 18.3 Å². The van der Waals surface area contributed by atoms with E-state index in [0.29, 0.717) is 5.56 Å². The fraction of sp³-hybridized carbons (Fsp3) is 0.308. The van der Waals surface area contributed by atoms with Crippen LogP contribution < -0.4 is 5.73 Å². The van der Waals surface area contributed by atoms with Crippen LogP contribution in [0.5, 0.6) is 0 Å². The van der Waals surface area contributed by atoms with Gasteiger partial charge < -0.3 is 15.7 Å². The van der Waals surface area contributed by atoms with Crippen LogP contribution in [0.2, 0.25) is 0 Å². The molecule has 0 aliphatic carbocycles. The van der Waals surface area contributed by atoms with Gasteiger partial charge in [-0.3, -0.25) is 4.79 Å². The van der Waals surface area contributed by atoms with Crippen LogP contribution in [0, 0.1) is 0 Å². The number of rotatable bonds is 4. The number of hydrogen-bond acceptors (Lipinski definition) is 5. The number of aliphatic hydroxyl groups is 1. The number of hydrogen-bond donors (Lipinski definition) is 2. The lowest BCUT2D eigenvalue weighted by atomic mass is 10.1. The van der Waals surface area contributed by atoms with Gasteiger partial charge in [0.25, 0.3) is 5.91 Å². The molecule has 20 heavy (non-hydrogen) atoms. The topological polar surface area (TPSA) is 101 Å². The molecule has 0 spiro atoms. The standard InChI is InChI=1S/C13H16N2O4S/c1-20(18,19)12-10(9-5-3-2-4-6-9)15(8-7-14)13(17)11(12)16/h2-6,10,16H,7-8,14H2,1H3. The number of aliphatic hydroxyl groups excluding tert-OH is 1. The van der Waals surface area contributed by atoms with Crippen LogP contribution in [-0.4, -0.2) is 43.7 Å². The second-order valence-corrected chi connectivity index (χ2v) is 6.57. The van der Waals surface area contributed by atoms with Crippen molar-refractivity contribution < 1.29 is 18.3 Å². The lowest BCUT2D eigenvalue weighted by Crippen LogP contribution is -2.35. The van der Waals surface area contributed by atoms with E-state index in [1.54, 1.807) is 30.3 Å². The summed E-state index contributed by atoms with van der Waals surface area (Å²) in [6.07, 6.45) is 0.980. The zero-order valence-corrected chi connectivity index (χ0v) is 11.8. The minimum absolute atomic E-state index is 0.168. The first-order valence-corrected chi connectivity index (χ1v) is 7.96. The average molecular weight is 296 g/mol. The Morgan fingerprint density at radius 1 is 1.30 bits per heavy atom. The smallest absolute Gasteiger partial charge is 0.290 e. The Balaban J connectivity index is 2.60. The lowest BCUT2D eigenvalue weighted by Gasteiger charge is -2.25. The summed E-state index contributed by atoms with van der Waals surface area (Å²) in [4.78, 5) is 13.1. The van der Waals surface area contributed by atoms with Crippen LogP contribution in [-0.2, 0) is 14.6 Å². The van der Waals surface area contributed by atoms with E-state index in [1.807, 2.05) is 0 Å². The van der Waals surface area contributed by atoms with Crippen LogP contribution in [0.3, 0.4) is 0 Å². The third-order valence-electron chi connectivity index (χ3n) is 3.14. The minimum atomic E-state index is -3.71. The van der Waals surface area contributed by atoms with Gasteiger partial charge in [0, 0.05) is 19.3 Å². The van der Waals surface area contributed by atoms with Crippen LogP contribution in [0.1, 0.15) is 11.6 Å². The van der Waals surface area contributed by atoms with Crippen LogP contribution >= 0.6 is 0 Å². The normalized spacial score (nSPS) is 19.8.